The summed E-state index contributed by atoms with van der Waals surface area (Å²) in [5, 5.41) is 0.587. The van der Waals surface area contributed by atoms with Crippen LogP contribution in [0.2, 0.25) is 5.02 Å². The Hall–Kier alpha value is -0.660. The van der Waals surface area contributed by atoms with E-state index in [0.717, 1.165) is 38.4 Å². The van der Waals surface area contributed by atoms with E-state index in [1.807, 2.05) is 0 Å². The maximum absolute atomic E-state index is 12.4. The minimum Gasteiger partial charge on any atom is -0.370 e. The first-order valence-corrected chi connectivity index (χ1v) is 8.94. The summed E-state index contributed by atoms with van der Waals surface area (Å²) in [5.41, 5.74) is 1.43. The highest BCUT2D eigenvalue weighted by atomic mass is 35.5. The molecular formula is C14H22ClN2O3S+. The van der Waals surface area contributed by atoms with Crippen molar-refractivity contribution in [1.29, 1.82) is 0 Å². The van der Waals surface area contributed by atoms with Gasteiger partial charge in [-0.15, -0.1) is 0 Å². The molecule has 1 aliphatic rings. The second-order valence-electron chi connectivity index (χ2n) is 5.38. The van der Waals surface area contributed by atoms with Gasteiger partial charge in [-0.2, -0.15) is 0 Å². The molecule has 21 heavy (non-hydrogen) atoms. The Kier molecular flexibility index (Phi) is 5.62. The van der Waals surface area contributed by atoms with Crippen LogP contribution in [0.5, 0.6) is 0 Å². The summed E-state index contributed by atoms with van der Waals surface area (Å²) in [6.07, 6.45) is 0. The van der Waals surface area contributed by atoms with Gasteiger partial charge in [0.1, 0.15) is 13.1 Å². The van der Waals surface area contributed by atoms with E-state index in [0.29, 0.717) is 22.0 Å². The Labute approximate surface area is 131 Å². The van der Waals surface area contributed by atoms with Gasteiger partial charge in [0.05, 0.1) is 31.2 Å². The Morgan fingerprint density at radius 1 is 1.24 bits per heavy atom. The third-order valence-corrected chi connectivity index (χ3v) is 5.73. The second-order valence-corrected chi connectivity index (χ2v) is 7.52. The van der Waals surface area contributed by atoms with E-state index in [2.05, 4.69) is 4.72 Å². The summed E-state index contributed by atoms with van der Waals surface area (Å²) in [6, 6.07) is 3.32. The Bertz CT molecular complexity index is 598. The van der Waals surface area contributed by atoms with Crippen LogP contribution in [0.15, 0.2) is 17.0 Å². The molecule has 118 valence electrons. The van der Waals surface area contributed by atoms with Crippen LogP contribution in [0.3, 0.4) is 0 Å². The fourth-order valence-corrected chi connectivity index (χ4v) is 3.95. The molecule has 1 heterocycles. The number of sulfonamides is 1. The molecular weight excluding hydrogens is 312 g/mol. The normalized spacial score (nSPS) is 17.1. The van der Waals surface area contributed by atoms with Crippen molar-refractivity contribution >= 4 is 21.6 Å². The van der Waals surface area contributed by atoms with Gasteiger partial charge in [0.2, 0.25) is 10.0 Å². The molecule has 1 aromatic carbocycles. The first kappa shape index (κ1) is 16.7. The summed E-state index contributed by atoms with van der Waals surface area (Å²) in [4.78, 5) is 1.68. The SMILES string of the molecule is Cc1cc(S(=O)(=O)NCC[NH+]2CCOCC2)c(C)cc1Cl. The highest BCUT2D eigenvalue weighted by Gasteiger charge is 2.19. The lowest BCUT2D eigenvalue weighted by molar-refractivity contribution is -0.906. The number of ether oxygens (including phenoxy) is 1. The number of nitrogens with one attached hydrogen (secondary N) is 2. The van der Waals surface area contributed by atoms with E-state index in [4.69, 9.17) is 16.3 Å². The molecule has 2 rings (SSSR count). The standard InChI is InChI=1S/C14H21ClN2O3S/c1-11-10-14(12(2)9-13(11)15)21(18,19)16-3-4-17-5-7-20-8-6-17/h9-10,16H,3-8H2,1-2H3/p+1. The van der Waals surface area contributed by atoms with Crippen molar-refractivity contribution in [3.05, 3.63) is 28.3 Å². The van der Waals surface area contributed by atoms with Gasteiger partial charge in [0, 0.05) is 5.02 Å². The highest BCUT2D eigenvalue weighted by Crippen LogP contribution is 2.23. The molecule has 0 bridgehead atoms. The van der Waals surface area contributed by atoms with Gasteiger partial charge in [-0.05, 0) is 37.1 Å². The predicted molar refractivity (Wildman–Crippen MR) is 82.5 cm³/mol. The molecule has 0 amide bonds. The van der Waals surface area contributed by atoms with E-state index >= 15 is 0 Å². The number of morpholine rings is 1. The first-order chi connectivity index (χ1) is 9.90. The van der Waals surface area contributed by atoms with Crippen LogP contribution >= 0.6 is 11.6 Å². The molecule has 7 heteroatoms. The van der Waals surface area contributed by atoms with E-state index in [1.54, 1.807) is 26.0 Å². The number of halogens is 1. The van der Waals surface area contributed by atoms with E-state index < -0.39 is 10.0 Å². The van der Waals surface area contributed by atoms with Crippen LogP contribution in [-0.2, 0) is 14.8 Å². The van der Waals surface area contributed by atoms with Crippen molar-refractivity contribution in [2.45, 2.75) is 18.7 Å². The zero-order valence-corrected chi connectivity index (χ0v) is 14.0. The van der Waals surface area contributed by atoms with Crippen LogP contribution in [0.1, 0.15) is 11.1 Å². The summed E-state index contributed by atoms with van der Waals surface area (Å²) in [5.74, 6) is 0. The number of rotatable bonds is 5. The lowest BCUT2D eigenvalue weighted by atomic mass is 10.2. The Morgan fingerprint density at radius 3 is 2.57 bits per heavy atom. The zero-order valence-electron chi connectivity index (χ0n) is 12.4. The van der Waals surface area contributed by atoms with E-state index in [1.165, 1.54) is 4.90 Å². The quantitative estimate of drug-likeness (QED) is 0.806. The van der Waals surface area contributed by atoms with Gasteiger partial charge in [0.15, 0.2) is 0 Å². The molecule has 1 saturated heterocycles. The van der Waals surface area contributed by atoms with Crippen molar-refractivity contribution < 1.29 is 18.1 Å². The predicted octanol–water partition coefficient (Wildman–Crippen LogP) is 0.150. The third kappa shape index (κ3) is 4.40. The van der Waals surface area contributed by atoms with Crippen LogP contribution in [0.25, 0.3) is 0 Å². The van der Waals surface area contributed by atoms with Gasteiger partial charge in [-0.1, -0.05) is 11.6 Å². The maximum Gasteiger partial charge on any atom is 0.241 e. The van der Waals surface area contributed by atoms with Crippen molar-refractivity contribution in [2.75, 3.05) is 39.4 Å². The number of hydrogen-bond donors (Lipinski definition) is 2. The average Bonchev–Trinajstić information content (AvgIpc) is 2.43. The van der Waals surface area contributed by atoms with Gasteiger partial charge in [0.25, 0.3) is 0 Å². The summed E-state index contributed by atoms with van der Waals surface area (Å²) < 4.78 is 32.7. The average molecular weight is 334 g/mol. The topological polar surface area (TPSA) is 59.8 Å². The van der Waals surface area contributed by atoms with Crippen LogP contribution in [0.4, 0.5) is 0 Å². The minimum atomic E-state index is -3.48. The molecule has 0 atom stereocenters. The Balaban J connectivity index is 1.99. The molecule has 5 nitrogen and oxygen atoms in total. The molecule has 1 aliphatic heterocycles. The number of hydrogen-bond acceptors (Lipinski definition) is 3. The summed E-state index contributed by atoms with van der Waals surface area (Å²) in [6.45, 7) is 8.12. The highest BCUT2D eigenvalue weighted by molar-refractivity contribution is 7.89. The molecule has 0 aromatic heterocycles. The van der Waals surface area contributed by atoms with Gasteiger partial charge >= 0.3 is 0 Å². The van der Waals surface area contributed by atoms with Crippen molar-refractivity contribution in [3.8, 4) is 0 Å². The van der Waals surface area contributed by atoms with Crippen LogP contribution in [0, 0.1) is 13.8 Å². The molecule has 0 radical (unpaired) electrons. The zero-order chi connectivity index (χ0) is 15.5. The summed E-state index contributed by atoms with van der Waals surface area (Å²) >= 11 is 6.01. The van der Waals surface area contributed by atoms with Crippen LogP contribution < -0.4 is 9.62 Å². The van der Waals surface area contributed by atoms with Crippen molar-refractivity contribution in [3.63, 3.8) is 0 Å². The van der Waals surface area contributed by atoms with Crippen molar-refractivity contribution in [1.82, 2.24) is 4.72 Å². The maximum atomic E-state index is 12.4. The summed E-state index contributed by atoms with van der Waals surface area (Å²) in [7, 11) is -3.48. The molecule has 2 N–H and O–H groups in total. The van der Waals surface area contributed by atoms with Gasteiger partial charge in [-0.3, -0.25) is 0 Å². The molecule has 0 saturated carbocycles. The number of benzene rings is 1. The molecule has 0 spiro atoms. The Morgan fingerprint density at radius 2 is 1.90 bits per heavy atom. The van der Waals surface area contributed by atoms with Crippen LogP contribution in [-0.4, -0.2) is 47.8 Å². The first-order valence-electron chi connectivity index (χ1n) is 7.08. The smallest absolute Gasteiger partial charge is 0.241 e. The van der Waals surface area contributed by atoms with E-state index in [-0.39, 0.29) is 0 Å². The molecule has 0 aliphatic carbocycles. The van der Waals surface area contributed by atoms with Gasteiger partial charge < -0.3 is 9.64 Å². The second kappa shape index (κ2) is 7.07. The largest absolute Gasteiger partial charge is 0.370 e. The third-order valence-electron chi connectivity index (χ3n) is 3.72. The monoisotopic (exact) mass is 333 g/mol. The fourth-order valence-electron chi connectivity index (χ4n) is 2.39. The fraction of sp³-hybridized carbons (Fsp3) is 0.571. The number of aryl methyl sites for hydroxylation is 2. The van der Waals surface area contributed by atoms with E-state index in [9.17, 15) is 8.42 Å². The molecule has 1 aromatic rings. The lowest BCUT2D eigenvalue weighted by Gasteiger charge is -2.23. The molecule has 1 fully saturated rings. The molecule has 0 unspecified atom stereocenters. The number of quaternary nitrogens is 1. The lowest BCUT2D eigenvalue weighted by Crippen LogP contribution is -3.14. The van der Waals surface area contributed by atoms with Gasteiger partial charge in [-0.25, -0.2) is 13.1 Å². The minimum absolute atomic E-state index is 0.307. The van der Waals surface area contributed by atoms with Crippen molar-refractivity contribution in [2.24, 2.45) is 0 Å².